The molecule has 0 amide bonds. The van der Waals surface area contributed by atoms with Gasteiger partial charge in [-0.3, -0.25) is 4.68 Å². The highest BCUT2D eigenvalue weighted by Crippen LogP contribution is 2.30. The number of aromatic nitrogens is 2. The predicted molar refractivity (Wildman–Crippen MR) is 72.7 cm³/mol. The Hall–Kier alpha value is -0.870. The smallest absolute Gasteiger partial charge is 0.0587 e. The van der Waals surface area contributed by atoms with Gasteiger partial charge < -0.3 is 10.1 Å². The lowest BCUT2D eigenvalue weighted by molar-refractivity contribution is 0.199. The molecule has 0 saturated heterocycles. The fourth-order valence-electron chi connectivity index (χ4n) is 2.82. The molecule has 0 unspecified atom stereocenters. The second kappa shape index (κ2) is 6.90. The summed E-state index contributed by atoms with van der Waals surface area (Å²) in [6.45, 7) is 4.78. The van der Waals surface area contributed by atoms with Crippen LogP contribution in [0, 0.1) is 0 Å². The Kier molecular flexibility index (Phi) is 5.20. The molecule has 1 saturated carbocycles. The van der Waals surface area contributed by atoms with E-state index in [4.69, 9.17) is 4.74 Å². The molecule has 1 aliphatic carbocycles. The van der Waals surface area contributed by atoms with Crippen molar-refractivity contribution in [3.63, 3.8) is 0 Å². The van der Waals surface area contributed by atoms with E-state index in [2.05, 4.69) is 22.0 Å². The van der Waals surface area contributed by atoms with Gasteiger partial charge in [0.05, 0.1) is 18.8 Å². The van der Waals surface area contributed by atoms with Gasteiger partial charge in [-0.05, 0) is 19.3 Å². The van der Waals surface area contributed by atoms with Gasteiger partial charge in [0.2, 0.25) is 0 Å². The van der Waals surface area contributed by atoms with E-state index >= 15 is 0 Å². The molecule has 0 atom stereocenters. The summed E-state index contributed by atoms with van der Waals surface area (Å²) in [6, 6.07) is 0.646. The fraction of sp³-hybridized carbons (Fsp3) is 0.786. The van der Waals surface area contributed by atoms with Crippen LogP contribution in [-0.4, -0.2) is 30.0 Å². The molecule has 0 radical (unpaired) electrons. The quantitative estimate of drug-likeness (QED) is 0.756. The van der Waals surface area contributed by atoms with Gasteiger partial charge in [0.15, 0.2) is 0 Å². The third-order valence-electron chi connectivity index (χ3n) is 3.79. The first-order valence-corrected chi connectivity index (χ1v) is 7.11. The zero-order chi connectivity index (χ0) is 12.8. The number of methoxy groups -OCH3 is 1. The predicted octanol–water partition coefficient (Wildman–Crippen LogP) is 2.30. The highest BCUT2D eigenvalue weighted by Gasteiger charge is 2.21. The van der Waals surface area contributed by atoms with Crippen LogP contribution in [0.3, 0.4) is 0 Å². The van der Waals surface area contributed by atoms with E-state index in [1.807, 2.05) is 6.20 Å². The molecule has 1 aromatic heterocycles. The summed E-state index contributed by atoms with van der Waals surface area (Å²) < 4.78 is 7.32. The van der Waals surface area contributed by atoms with E-state index in [1.165, 1.54) is 36.9 Å². The van der Waals surface area contributed by atoms with Crippen LogP contribution in [-0.2, 0) is 17.7 Å². The Balaban J connectivity index is 1.97. The molecule has 0 aromatic carbocycles. The topological polar surface area (TPSA) is 39.1 Å². The van der Waals surface area contributed by atoms with Crippen molar-refractivity contribution in [3.05, 3.63) is 17.5 Å². The summed E-state index contributed by atoms with van der Waals surface area (Å²) >= 11 is 0. The Morgan fingerprint density at radius 1 is 1.44 bits per heavy atom. The molecule has 1 fully saturated rings. The number of rotatable bonds is 7. The van der Waals surface area contributed by atoms with Crippen LogP contribution in [0.5, 0.6) is 0 Å². The fourth-order valence-corrected chi connectivity index (χ4v) is 2.82. The summed E-state index contributed by atoms with van der Waals surface area (Å²) in [5, 5.41) is 8.02. The van der Waals surface area contributed by atoms with E-state index in [1.54, 1.807) is 7.11 Å². The number of hydrogen-bond donors (Lipinski definition) is 1. The number of nitrogens with zero attached hydrogens (tertiary/aromatic N) is 2. The molecule has 0 spiro atoms. The molecule has 102 valence electrons. The van der Waals surface area contributed by atoms with Gasteiger partial charge in [-0.1, -0.05) is 19.8 Å². The molecule has 1 heterocycles. The lowest BCUT2D eigenvalue weighted by Gasteiger charge is -2.14. The summed E-state index contributed by atoms with van der Waals surface area (Å²) in [7, 11) is 1.73. The van der Waals surface area contributed by atoms with Gasteiger partial charge >= 0.3 is 0 Å². The first-order chi connectivity index (χ1) is 8.86. The molecule has 0 bridgehead atoms. The molecule has 0 aliphatic heterocycles. The van der Waals surface area contributed by atoms with E-state index in [0.717, 1.165) is 26.1 Å². The Morgan fingerprint density at radius 3 is 2.89 bits per heavy atom. The highest BCUT2D eigenvalue weighted by atomic mass is 16.5. The zero-order valence-electron chi connectivity index (χ0n) is 11.6. The van der Waals surface area contributed by atoms with E-state index in [-0.39, 0.29) is 0 Å². The van der Waals surface area contributed by atoms with Gasteiger partial charge in [0.25, 0.3) is 0 Å². The van der Waals surface area contributed by atoms with Crippen molar-refractivity contribution in [2.75, 3.05) is 20.3 Å². The minimum Gasteiger partial charge on any atom is -0.383 e. The van der Waals surface area contributed by atoms with Crippen LogP contribution in [0.25, 0.3) is 0 Å². The van der Waals surface area contributed by atoms with Gasteiger partial charge in [0, 0.05) is 31.5 Å². The summed E-state index contributed by atoms with van der Waals surface area (Å²) in [6.07, 6.45) is 8.41. The van der Waals surface area contributed by atoms with Crippen molar-refractivity contribution in [2.24, 2.45) is 0 Å². The minimum absolute atomic E-state index is 0.646. The van der Waals surface area contributed by atoms with Crippen LogP contribution in [0.15, 0.2) is 6.20 Å². The largest absolute Gasteiger partial charge is 0.383 e. The first-order valence-electron chi connectivity index (χ1n) is 7.11. The minimum atomic E-state index is 0.646. The van der Waals surface area contributed by atoms with E-state index in [9.17, 15) is 0 Å². The normalized spacial score (nSPS) is 16.6. The van der Waals surface area contributed by atoms with E-state index in [0.29, 0.717) is 6.04 Å². The van der Waals surface area contributed by atoms with Gasteiger partial charge in [-0.25, -0.2) is 0 Å². The third-order valence-corrected chi connectivity index (χ3v) is 3.79. The molecule has 1 aromatic rings. The van der Waals surface area contributed by atoms with Crippen LogP contribution < -0.4 is 5.32 Å². The highest BCUT2D eigenvalue weighted by molar-refractivity contribution is 5.18. The van der Waals surface area contributed by atoms with Crippen molar-refractivity contribution in [2.45, 2.75) is 51.6 Å². The van der Waals surface area contributed by atoms with Gasteiger partial charge in [-0.15, -0.1) is 0 Å². The maximum Gasteiger partial charge on any atom is 0.0587 e. The van der Waals surface area contributed by atoms with Gasteiger partial charge in [0.1, 0.15) is 0 Å². The Morgan fingerprint density at radius 2 is 2.22 bits per heavy atom. The average Bonchev–Trinajstić information content (AvgIpc) is 3.02. The third kappa shape index (κ3) is 3.12. The maximum atomic E-state index is 5.04. The molecular formula is C14H25N3O. The Labute approximate surface area is 110 Å². The van der Waals surface area contributed by atoms with Crippen LogP contribution in [0.4, 0.5) is 0 Å². The van der Waals surface area contributed by atoms with Crippen LogP contribution in [0.2, 0.25) is 0 Å². The molecule has 4 nitrogen and oxygen atoms in total. The van der Waals surface area contributed by atoms with Crippen LogP contribution >= 0.6 is 0 Å². The Bertz CT molecular complexity index is 356. The monoisotopic (exact) mass is 251 g/mol. The first kappa shape index (κ1) is 13.6. The van der Waals surface area contributed by atoms with Gasteiger partial charge in [-0.2, -0.15) is 5.10 Å². The molecule has 18 heavy (non-hydrogen) atoms. The summed E-state index contributed by atoms with van der Waals surface area (Å²) in [5.74, 6) is 0. The number of ether oxygens (including phenoxy) is 1. The van der Waals surface area contributed by atoms with Crippen molar-refractivity contribution in [1.29, 1.82) is 0 Å². The summed E-state index contributed by atoms with van der Waals surface area (Å²) in [5.41, 5.74) is 2.76. The summed E-state index contributed by atoms with van der Waals surface area (Å²) in [4.78, 5) is 0. The number of hydrogen-bond acceptors (Lipinski definition) is 3. The second-order valence-corrected chi connectivity index (χ2v) is 5.02. The van der Waals surface area contributed by atoms with Crippen molar-refractivity contribution in [1.82, 2.24) is 15.1 Å². The second-order valence-electron chi connectivity index (χ2n) is 5.02. The van der Waals surface area contributed by atoms with Crippen molar-refractivity contribution in [3.8, 4) is 0 Å². The zero-order valence-corrected chi connectivity index (χ0v) is 11.6. The van der Waals surface area contributed by atoms with Crippen molar-refractivity contribution < 1.29 is 4.74 Å². The number of nitrogens with one attached hydrogen (secondary N) is 1. The molecule has 2 rings (SSSR count). The SMILES string of the molecule is CCc1c(CNCCOC)cnn1C1CCCC1. The average molecular weight is 251 g/mol. The lowest BCUT2D eigenvalue weighted by Crippen LogP contribution is -2.19. The molecule has 4 heteroatoms. The molecule has 1 N–H and O–H groups in total. The van der Waals surface area contributed by atoms with E-state index < -0.39 is 0 Å². The molecule has 1 aliphatic rings. The lowest BCUT2D eigenvalue weighted by atomic mass is 10.1. The standard InChI is InChI=1S/C14H25N3O/c1-3-14-12(10-15-8-9-18-2)11-16-17(14)13-6-4-5-7-13/h11,13,15H,3-10H2,1-2H3. The van der Waals surface area contributed by atoms with Crippen LogP contribution in [0.1, 0.15) is 49.9 Å². The van der Waals surface area contributed by atoms with Crippen molar-refractivity contribution >= 4 is 0 Å². The molecular weight excluding hydrogens is 226 g/mol. The maximum absolute atomic E-state index is 5.04.